The van der Waals surface area contributed by atoms with Crippen molar-refractivity contribution in [2.75, 3.05) is 26.0 Å². The molecule has 0 bridgehead atoms. The molecule has 2 aromatic rings. The first kappa shape index (κ1) is 15.9. The average Bonchev–Trinajstić information content (AvgIpc) is 2.53. The zero-order valence-electron chi connectivity index (χ0n) is 13.3. The molecule has 0 spiro atoms. The Hall–Kier alpha value is -1.98. The van der Waals surface area contributed by atoms with E-state index in [4.69, 9.17) is 4.74 Å². The Labute approximate surface area is 141 Å². The lowest BCUT2D eigenvalue weighted by molar-refractivity contribution is -0.118. The van der Waals surface area contributed by atoms with Gasteiger partial charge in [0.25, 0.3) is 5.91 Å². The van der Waals surface area contributed by atoms with Crippen molar-refractivity contribution in [2.45, 2.75) is 17.7 Å². The van der Waals surface area contributed by atoms with E-state index in [1.807, 2.05) is 26.2 Å². The summed E-state index contributed by atoms with van der Waals surface area (Å²) in [5.41, 5.74) is 3.28. The minimum atomic E-state index is -0.0939. The number of amides is 1. The van der Waals surface area contributed by atoms with E-state index in [1.54, 1.807) is 11.9 Å². The van der Waals surface area contributed by atoms with Crippen molar-refractivity contribution in [3.8, 4) is 5.75 Å². The van der Waals surface area contributed by atoms with Crippen molar-refractivity contribution in [1.82, 2.24) is 4.31 Å². The van der Waals surface area contributed by atoms with Crippen LogP contribution in [0.2, 0.25) is 0 Å². The molecule has 0 fully saturated rings. The second-order valence-electron chi connectivity index (χ2n) is 5.71. The number of rotatable bonds is 5. The molecule has 3 rings (SSSR count). The molecule has 0 saturated carbocycles. The second-order valence-corrected chi connectivity index (χ2v) is 7.10. The third-order valence-corrected chi connectivity index (χ3v) is 4.44. The summed E-state index contributed by atoms with van der Waals surface area (Å²) in [4.78, 5) is 12.6. The maximum Gasteiger partial charge on any atom is 0.262 e. The predicted molar refractivity (Wildman–Crippen MR) is 94.0 cm³/mol. The van der Waals surface area contributed by atoms with Crippen LogP contribution >= 0.6 is 11.9 Å². The number of fused-ring (bicyclic) bond motifs is 1. The van der Waals surface area contributed by atoms with Crippen molar-refractivity contribution in [3.63, 3.8) is 0 Å². The molecule has 5 heteroatoms. The van der Waals surface area contributed by atoms with Crippen LogP contribution in [0.15, 0.2) is 47.4 Å². The first-order chi connectivity index (χ1) is 11.1. The minimum Gasteiger partial charge on any atom is -0.482 e. The first-order valence-corrected chi connectivity index (χ1v) is 8.37. The molecule has 0 saturated heterocycles. The maximum absolute atomic E-state index is 11.4. The van der Waals surface area contributed by atoms with Crippen molar-refractivity contribution >= 4 is 23.5 Å². The normalized spacial score (nSPS) is 13.4. The fourth-order valence-corrected chi connectivity index (χ4v) is 3.18. The van der Waals surface area contributed by atoms with Crippen LogP contribution in [0.5, 0.6) is 5.75 Å². The lowest BCUT2D eigenvalue weighted by Gasteiger charge is -2.18. The fourth-order valence-electron chi connectivity index (χ4n) is 2.50. The number of nitrogens with zero attached hydrogens (tertiary/aromatic N) is 1. The van der Waals surface area contributed by atoms with E-state index in [1.165, 1.54) is 16.0 Å². The molecule has 4 nitrogen and oxygen atoms in total. The molecule has 1 N–H and O–H groups in total. The third-order valence-electron chi connectivity index (χ3n) is 3.59. The summed E-state index contributed by atoms with van der Waals surface area (Å²) in [5, 5.41) is 2.85. The highest BCUT2D eigenvalue weighted by Crippen LogP contribution is 2.29. The van der Waals surface area contributed by atoms with Gasteiger partial charge in [-0.05, 0) is 74.3 Å². The summed E-state index contributed by atoms with van der Waals surface area (Å²) in [7, 11) is 4.08. The Bertz CT molecular complexity index is 699. The van der Waals surface area contributed by atoms with Gasteiger partial charge in [0.1, 0.15) is 5.75 Å². The van der Waals surface area contributed by atoms with E-state index >= 15 is 0 Å². The summed E-state index contributed by atoms with van der Waals surface area (Å²) in [5.74, 6) is 0.655. The van der Waals surface area contributed by atoms with E-state index in [0.717, 1.165) is 24.3 Å². The molecule has 1 heterocycles. The Balaban J connectivity index is 1.62. The average molecular weight is 328 g/mol. The van der Waals surface area contributed by atoms with Gasteiger partial charge in [0.05, 0.1) is 5.69 Å². The fraction of sp³-hybridized carbons (Fsp3) is 0.278. The van der Waals surface area contributed by atoms with Crippen LogP contribution in [0, 0.1) is 0 Å². The maximum atomic E-state index is 11.4. The van der Waals surface area contributed by atoms with Gasteiger partial charge < -0.3 is 10.1 Å². The number of nitrogens with one attached hydrogen (secondary N) is 1. The molecule has 1 aliphatic rings. The van der Waals surface area contributed by atoms with Crippen molar-refractivity contribution in [2.24, 2.45) is 0 Å². The lowest BCUT2D eigenvalue weighted by atomic mass is 10.0. The summed E-state index contributed by atoms with van der Waals surface area (Å²) in [6.45, 7) is 0.101. The first-order valence-electron chi connectivity index (χ1n) is 7.60. The Kier molecular flexibility index (Phi) is 4.88. The summed E-state index contributed by atoms with van der Waals surface area (Å²) in [6.07, 6.45) is 1.91. The van der Waals surface area contributed by atoms with Crippen molar-refractivity contribution < 1.29 is 9.53 Å². The quantitative estimate of drug-likeness (QED) is 0.855. The summed E-state index contributed by atoms with van der Waals surface area (Å²) in [6, 6.07) is 14.7. The molecule has 0 radical (unpaired) electrons. The molecule has 1 amide bonds. The molecular weight excluding hydrogens is 308 g/mol. The SMILES string of the molecule is CN(C)Sc1ccc(CCc2ccc3c(c2)NC(=O)CO3)cc1. The van der Waals surface area contributed by atoms with E-state index in [2.05, 4.69) is 40.0 Å². The predicted octanol–water partition coefficient (Wildman–Crippen LogP) is 3.37. The number of hydrogen-bond donors (Lipinski definition) is 1. The van der Waals surface area contributed by atoms with Gasteiger partial charge >= 0.3 is 0 Å². The van der Waals surface area contributed by atoms with E-state index in [0.29, 0.717) is 0 Å². The monoisotopic (exact) mass is 328 g/mol. The van der Waals surface area contributed by atoms with Crippen LogP contribution in [-0.2, 0) is 17.6 Å². The van der Waals surface area contributed by atoms with Gasteiger partial charge in [0.15, 0.2) is 6.61 Å². The van der Waals surface area contributed by atoms with E-state index in [-0.39, 0.29) is 12.5 Å². The Morgan fingerprint density at radius 3 is 2.52 bits per heavy atom. The van der Waals surface area contributed by atoms with Crippen LogP contribution < -0.4 is 10.1 Å². The summed E-state index contributed by atoms with van der Waals surface area (Å²) < 4.78 is 7.46. The van der Waals surface area contributed by atoms with Crippen LogP contribution in [0.25, 0.3) is 0 Å². The molecule has 0 atom stereocenters. The van der Waals surface area contributed by atoms with Gasteiger partial charge in [-0.2, -0.15) is 0 Å². The number of ether oxygens (including phenoxy) is 1. The third kappa shape index (κ3) is 4.27. The zero-order chi connectivity index (χ0) is 16.2. The van der Waals surface area contributed by atoms with Gasteiger partial charge in [0.2, 0.25) is 0 Å². The molecule has 0 unspecified atom stereocenters. The minimum absolute atomic E-state index is 0.0939. The van der Waals surface area contributed by atoms with Crippen LogP contribution in [0.3, 0.4) is 0 Å². The number of anilines is 1. The smallest absolute Gasteiger partial charge is 0.262 e. The van der Waals surface area contributed by atoms with Gasteiger partial charge in [-0.15, -0.1) is 0 Å². The van der Waals surface area contributed by atoms with Gasteiger partial charge in [-0.1, -0.05) is 18.2 Å². The molecule has 0 aromatic heterocycles. The van der Waals surface area contributed by atoms with Crippen LogP contribution in [0.4, 0.5) is 5.69 Å². The molecule has 120 valence electrons. The van der Waals surface area contributed by atoms with E-state index < -0.39 is 0 Å². The topological polar surface area (TPSA) is 41.6 Å². The molecule has 0 aliphatic carbocycles. The largest absolute Gasteiger partial charge is 0.482 e. The number of carbonyl (C=O) groups excluding carboxylic acids is 1. The molecule has 1 aliphatic heterocycles. The Morgan fingerprint density at radius 2 is 1.78 bits per heavy atom. The summed E-state index contributed by atoms with van der Waals surface area (Å²) >= 11 is 1.72. The molecule has 23 heavy (non-hydrogen) atoms. The highest BCUT2D eigenvalue weighted by Gasteiger charge is 2.15. The standard InChI is InChI=1S/C18H20N2O2S/c1-20(2)23-15-8-5-13(6-9-15)3-4-14-7-10-17-16(11-14)19-18(21)12-22-17/h5-11H,3-4,12H2,1-2H3,(H,19,21). The number of benzene rings is 2. The Morgan fingerprint density at radius 1 is 1.09 bits per heavy atom. The highest BCUT2D eigenvalue weighted by molar-refractivity contribution is 7.97. The lowest BCUT2D eigenvalue weighted by Crippen LogP contribution is -2.25. The molecular formula is C18H20N2O2S. The van der Waals surface area contributed by atoms with Crippen LogP contribution in [0.1, 0.15) is 11.1 Å². The van der Waals surface area contributed by atoms with Gasteiger partial charge in [0, 0.05) is 4.90 Å². The zero-order valence-corrected chi connectivity index (χ0v) is 14.2. The number of hydrogen-bond acceptors (Lipinski definition) is 4. The van der Waals surface area contributed by atoms with Crippen LogP contribution in [-0.4, -0.2) is 30.9 Å². The second kappa shape index (κ2) is 7.06. The van der Waals surface area contributed by atoms with E-state index in [9.17, 15) is 4.79 Å². The number of carbonyl (C=O) groups is 1. The number of aryl methyl sites for hydroxylation is 2. The molecule has 2 aromatic carbocycles. The van der Waals surface area contributed by atoms with Gasteiger partial charge in [-0.3, -0.25) is 9.10 Å². The van der Waals surface area contributed by atoms with Crippen molar-refractivity contribution in [3.05, 3.63) is 53.6 Å². The van der Waals surface area contributed by atoms with Crippen molar-refractivity contribution in [1.29, 1.82) is 0 Å². The highest BCUT2D eigenvalue weighted by atomic mass is 32.2. The van der Waals surface area contributed by atoms with Gasteiger partial charge in [-0.25, -0.2) is 0 Å².